The van der Waals surface area contributed by atoms with Gasteiger partial charge in [0.1, 0.15) is 6.10 Å². The molecule has 0 heterocycles. The van der Waals surface area contributed by atoms with Gasteiger partial charge in [-0.05, 0) is 5.41 Å². The largest absolute Gasteiger partial charge is 0.394 e. The summed E-state index contributed by atoms with van der Waals surface area (Å²) >= 11 is 0. The van der Waals surface area contributed by atoms with Crippen molar-refractivity contribution in [2.24, 2.45) is 5.41 Å². The third kappa shape index (κ3) is 12.1. The van der Waals surface area contributed by atoms with Crippen molar-refractivity contribution >= 4 is 0 Å². The van der Waals surface area contributed by atoms with Crippen LogP contribution in [-0.2, 0) is 14.2 Å². The SMILES string of the molecule is CC(C)(C)COCC(CO)OCCOCCO. The average molecular weight is 250 g/mol. The summed E-state index contributed by atoms with van der Waals surface area (Å²) < 4.78 is 15.9. The number of aliphatic hydroxyl groups excluding tert-OH is 2. The summed E-state index contributed by atoms with van der Waals surface area (Å²) in [7, 11) is 0. The molecule has 0 amide bonds. The van der Waals surface area contributed by atoms with Crippen molar-refractivity contribution < 1.29 is 24.4 Å². The van der Waals surface area contributed by atoms with Crippen molar-refractivity contribution in [1.29, 1.82) is 0 Å². The van der Waals surface area contributed by atoms with Crippen LogP contribution in [0.2, 0.25) is 0 Å². The monoisotopic (exact) mass is 250 g/mol. The maximum Gasteiger partial charge on any atom is 0.104 e. The van der Waals surface area contributed by atoms with Gasteiger partial charge in [-0.3, -0.25) is 0 Å². The van der Waals surface area contributed by atoms with E-state index in [1.54, 1.807) is 0 Å². The average Bonchev–Trinajstić information content (AvgIpc) is 2.25. The zero-order chi connectivity index (χ0) is 13.1. The lowest BCUT2D eigenvalue weighted by molar-refractivity contribution is -0.0692. The summed E-state index contributed by atoms with van der Waals surface area (Å²) in [5, 5.41) is 17.6. The zero-order valence-electron chi connectivity index (χ0n) is 11.1. The number of hydrogen-bond acceptors (Lipinski definition) is 5. The first-order chi connectivity index (χ1) is 7.99. The minimum Gasteiger partial charge on any atom is -0.394 e. The third-order valence-corrected chi connectivity index (χ3v) is 1.86. The van der Waals surface area contributed by atoms with Crippen LogP contribution >= 0.6 is 0 Å². The van der Waals surface area contributed by atoms with Crippen molar-refractivity contribution in [3.63, 3.8) is 0 Å². The first kappa shape index (κ1) is 16.8. The lowest BCUT2D eigenvalue weighted by Crippen LogP contribution is -2.28. The highest BCUT2D eigenvalue weighted by Crippen LogP contribution is 2.13. The number of ether oxygens (including phenoxy) is 3. The Balaban J connectivity index is 3.49. The Labute approximate surface area is 104 Å². The van der Waals surface area contributed by atoms with Gasteiger partial charge in [-0.15, -0.1) is 0 Å². The molecule has 1 atom stereocenters. The maximum atomic E-state index is 9.07. The standard InChI is InChI=1S/C12H26O5/c1-12(2,3)10-16-9-11(8-14)17-7-6-15-5-4-13/h11,13-14H,4-10H2,1-3H3. The lowest BCUT2D eigenvalue weighted by atomic mass is 9.99. The second-order valence-electron chi connectivity index (χ2n) is 5.09. The van der Waals surface area contributed by atoms with Gasteiger partial charge in [0.05, 0.1) is 46.2 Å². The van der Waals surface area contributed by atoms with Crippen molar-refractivity contribution in [3.8, 4) is 0 Å². The Hall–Kier alpha value is -0.200. The highest BCUT2D eigenvalue weighted by atomic mass is 16.6. The van der Waals surface area contributed by atoms with E-state index in [1.165, 1.54) is 0 Å². The van der Waals surface area contributed by atoms with Gasteiger partial charge in [0, 0.05) is 0 Å². The second kappa shape index (κ2) is 9.79. The smallest absolute Gasteiger partial charge is 0.104 e. The van der Waals surface area contributed by atoms with E-state index in [4.69, 9.17) is 24.4 Å². The molecule has 0 radical (unpaired) electrons. The molecule has 0 spiro atoms. The van der Waals surface area contributed by atoms with Crippen LogP contribution in [0.15, 0.2) is 0 Å². The summed E-state index contributed by atoms with van der Waals surface area (Å²) in [6.45, 7) is 8.34. The summed E-state index contributed by atoms with van der Waals surface area (Å²) in [4.78, 5) is 0. The van der Waals surface area contributed by atoms with Gasteiger partial charge in [0.2, 0.25) is 0 Å². The first-order valence-electron chi connectivity index (χ1n) is 5.98. The van der Waals surface area contributed by atoms with Gasteiger partial charge < -0.3 is 24.4 Å². The summed E-state index contributed by atoms with van der Waals surface area (Å²) in [5.41, 5.74) is 0.115. The number of aliphatic hydroxyl groups is 2. The van der Waals surface area contributed by atoms with Crippen LogP contribution in [0.25, 0.3) is 0 Å². The van der Waals surface area contributed by atoms with Crippen LogP contribution in [0.5, 0.6) is 0 Å². The fourth-order valence-electron chi connectivity index (χ4n) is 1.09. The second-order valence-corrected chi connectivity index (χ2v) is 5.09. The molecule has 2 N–H and O–H groups in total. The van der Waals surface area contributed by atoms with Crippen LogP contribution in [0.4, 0.5) is 0 Å². The Morgan fingerprint density at radius 3 is 2.24 bits per heavy atom. The molecule has 0 aliphatic heterocycles. The molecule has 0 saturated carbocycles. The third-order valence-electron chi connectivity index (χ3n) is 1.86. The Bertz CT molecular complexity index is 167. The maximum absolute atomic E-state index is 9.07. The molecule has 0 aromatic heterocycles. The molecular weight excluding hydrogens is 224 g/mol. The van der Waals surface area contributed by atoms with E-state index in [0.717, 1.165) is 0 Å². The van der Waals surface area contributed by atoms with E-state index in [2.05, 4.69) is 20.8 Å². The summed E-state index contributed by atoms with van der Waals surface area (Å²) in [5.74, 6) is 0. The molecule has 0 bridgehead atoms. The van der Waals surface area contributed by atoms with Gasteiger partial charge in [-0.2, -0.15) is 0 Å². The van der Waals surface area contributed by atoms with E-state index in [0.29, 0.717) is 33.0 Å². The molecule has 17 heavy (non-hydrogen) atoms. The first-order valence-corrected chi connectivity index (χ1v) is 5.98. The van der Waals surface area contributed by atoms with E-state index in [-0.39, 0.29) is 24.7 Å². The Kier molecular flexibility index (Phi) is 9.68. The van der Waals surface area contributed by atoms with Crippen molar-refractivity contribution in [2.45, 2.75) is 26.9 Å². The molecule has 0 aromatic carbocycles. The number of hydrogen-bond donors (Lipinski definition) is 2. The highest BCUT2D eigenvalue weighted by Gasteiger charge is 2.13. The lowest BCUT2D eigenvalue weighted by Gasteiger charge is -2.21. The molecule has 104 valence electrons. The van der Waals surface area contributed by atoms with Gasteiger partial charge in [0.15, 0.2) is 0 Å². The Morgan fingerprint density at radius 1 is 1.00 bits per heavy atom. The molecule has 0 aromatic rings. The fourth-order valence-corrected chi connectivity index (χ4v) is 1.09. The molecule has 5 heteroatoms. The molecular formula is C12H26O5. The molecule has 0 aliphatic carbocycles. The van der Waals surface area contributed by atoms with E-state index in [1.807, 2.05) is 0 Å². The molecule has 0 aliphatic rings. The molecule has 0 rings (SSSR count). The molecule has 5 nitrogen and oxygen atoms in total. The van der Waals surface area contributed by atoms with Crippen molar-refractivity contribution in [2.75, 3.05) is 46.2 Å². The zero-order valence-corrected chi connectivity index (χ0v) is 11.1. The van der Waals surface area contributed by atoms with Gasteiger partial charge in [-0.25, -0.2) is 0 Å². The van der Waals surface area contributed by atoms with Gasteiger partial charge in [-0.1, -0.05) is 20.8 Å². The van der Waals surface area contributed by atoms with Crippen LogP contribution in [-0.4, -0.2) is 62.6 Å². The van der Waals surface area contributed by atoms with Crippen LogP contribution in [0, 0.1) is 5.41 Å². The number of rotatable bonds is 10. The molecule has 0 saturated heterocycles. The van der Waals surface area contributed by atoms with Crippen LogP contribution in [0.3, 0.4) is 0 Å². The fraction of sp³-hybridized carbons (Fsp3) is 1.00. The van der Waals surface area contributed by atoms with Gasteiger partial charge in [0.25, 0.3) is 0 Å². The predicted molar refractivity (Wildman–Crippen MR) is 65.0 cm³/mol. The Morgan fingerprint density at radius 2 is 1.71 bits per heavy atom. The van der Waals surface area contributed by atoms with E-state index < -0.39 is 0 Å². The molecule has 0 fully saturated rings. The normalized spacial score (nSPS) is 13.9. The van der Waals surface area contributed by atoms with Crippen LogP contribution in [0.1, 0.15) is 20.8 Å². The van der Waals surface area contributed by atoms with E-state index in [9.17, 15) is 0 Å². The minimum absolute atomic E-state index is 0.0120. The predicted octanol–water partition coefficient (Wildman–Crippen LogP) is 0.435. The summed E-state index contributed by atoms with van der Waals surface area (Å²) in [6.07, 6.45) is -0.310. The molecule has 1 unspecified atom stereocenters. The topological polar surface area (TPSA) is 68.2 Å². The summed E-state index contributed by atoms with van der Waals surface area (Å²) in [6, 6.07) is 0. The minimum atomic E-state index is -0.310. The van der Waals surface area contributed by atoms with E-state index >= 15 is 0 Å². The van der Waals surface area contributed by atoms with Gasteiger partial charge >= 0.3 is 0 Å². The van der Waals surface area contributed by atoms with Crippen LogP contribution < -0.4 is 0 Å². The highest BCUT2D eigenvalue weighted by molar-refractivity contribution is 4.61. The van der Waals surface area contributed by atoms with Crippen molar-refractivity contribution in [1.82, 2.24) is 0 Å². The quantitative estimate of drug-likeness (QED) is 0.551. The van der Waals surface area contributed by atoms with Crippen molar-refractivity contribution in [3.05, 3.63) is 0 Å².